The van der Waals surface area contributed by atoms with E-state index in [4.69, 9.17) is 0 Å². The number of carbonyl (C=O) groups is 2. The smallest absolute Gasteiger partial charge is 0.223 e. The minimum atomic E-state index is 0.0331. The maximum Gasteiger partial charge on any atom is 0.223 e. The van der Waals surface area contributed by atoms with Crippen LogP contribution in [0.15, 0.2) is 30.5 Å². The zero-order valence-corrected chi connectivity index (χ0v) is 12.7. The van der Waals surface area contributed by atoms with E-state index in [0.717, 1.165) is 18.4 Å². The van der Waals surface area contributed by atoms with Crippen molar-refractivity contribution in [2.75, 3.05) is 6.54 Å². The second-order valence-electron chi connectivity index (χ2n) is 6.07. The van der Waals surface area contributed by atoms with E-state index in [0.29, 0.717) is 38.0 Å². The van der Waals surface area contributed by atoms with Crippen molar-refractivity contribution in [1.29, 1.82) is 0 Å². The molecule has 1 aromatic heterocycles. The molecule has 2 N–H and O–H groups in total. The topological polar surface area (TPSA) is 62.0 Å². The molecule has 116 valence electrons. The van der Waals surface area contributed by atoms with Crippen molar-refractivity contribution in [1.82, 2.24) is 10.3 Å². The van der Waals surface area contributed by atoms with Crippen LogP contribution < -0.4 is 5.32 Å². The molecule has 1 aliphatic carbocycles. The van der Waals surface area contributed by atoms with E-state index < -0.39 is 0 Å². The maximum atomic E-state index is 12.0. The summed E-state index contributed by atoms with van der Waals surface area (Å²) in [6.07, 6.45) is 6.49. The average molecular weight is 298 g/mol. The van der Waals surface area contributed by atoms with Crippen LogP contribution in [0.25, 0.3) is 10.9 Å². The highest BCUT2D eigenvalue weighted by Gasteiger charge is 2.24. The Kier molecular flexibility index (Phi) is 4.56. The third kappa shape index (κ3) is 3.38. The normalized spacial score (nSPS) is 16.1. The SMILES string of the molecule is O=C1CCC(C(=O)NCCCc2c[nH]c3ccccc23)CC1. The van der Waals surface area contributed by atoms with E-state index in [-0.39, 0.29) is 11.8 Å². The van der Waals surface area contributed by atoms with Crippen LogP contribution in [0.5, 0.6) is 0 Å². The molecule has 1 amide bonds. The number of H-pyrrole nitrogens is 1. The number of hydrogen-bond acceptors (Lipinski definition) is 2. The number of Topliss-reactive ketones (excluding diaryl/α,β-unsaturated/α-hetero) is 1. The van der Waals surface area contributed by atoms with Crippen LogP contribution in [0, 0.1) is 5.92 Å². The molecule has 0 radical (unpaired) electrons. The molecule has 1 fully saturated rings. The Morgan fingerprint density at radius 2 is 2.00 bits per heavy atom. The second kappa shape index (κ2) is 6.77. The molecular formula is C18H22N2O2. The lowest BCUT2D eigenvalue weighted by atomic mass is 9.88. The average Bonchev–Trinajstić information content (AvgIpc) is 2.95. The van der Waals surface area contributed by atoms with Gasteiger partial charge in [0, 0.05) is 42.4 Å². The zero-order chi connectivity index (χ0) is 15.4. The fraction of sp³-hybridized carbons (Fsp3) is 0.444. The monoisotopic (exact) mass is 298 g/mol. The lowest BCUT2D eigenvalue weighted by Gasteiger charge is -2.20. The van der Waals surface area contributed by atoms with Gasteiger partial charge in [0.05, 0.1) is 0 Å². The number of fused-ring (bicyclic) bond motifs is 1. The Bertz CT molecular complexity index is 665. The molecule has 2 aromatic rings. The molecule has 0 unspecified atom stereocenters. The Morgan fingerprint density at radius 1 is 1.23 bits per heavy atom. The quantitative estimate of drug-likeness (QED) is 0.834. The summed E-state index contributed by atoms with van der Waals surface area (Å²) in [5.41, 5.74) is 2.46. The highest BCUT2D eigenvalue weighted by molar-refractivity contribution is 5.84. The third-order valence-electron chi connectivity index (χ3n) is 4.51. The fourth-order valence-corrected chi connectivity index (χ4v) is 3.18. The summed E-state index contributed by atoms with van der Waals surface area (Å²) in [6, 6.07) is 8.27. The first-order chi connectivity index (χ1) is 10.7. The van der Waals surface area contributed by atoms with Gasteiger partial charge in [-0.3, -0.25) is 9.59 Å². The Hall–Kier alpha value is -2.10. The van der Waals surface area contributed by atoms with Crippen LogP contribution in [0.3, 0.4) is 0 Å². The van der Waals surface area contributed by atoms with Gasteiger partial charge >= 0.3 is 0 Å². The van der Waals surface area contributed by atoms with Crippen molar-refractivity contribution < 1.29 is 9.59 Å². The van der Waals surface area contributed by atoms with Crippen molar-refractivity contribution in [3.63, 3.8) is 0 Å². The summed E-state index contributed by atoms with van der Waals surface area (Å²) in [5.74, 6) is 0.445. The van der Waals surface area contributed by atoms with Crippen LogP contribution in [0.4, 0.5) is 0 Å². The minimum Gasteiger partial charge on any atom is -0.361 e. The van der Waals surface area contributed by atoms with Gasteiger partial charge in [0.1, 0.15) is 5.78 Å². The Balaban J connectivity index is 1.43. The largest absolute Gasteiger partial charge is 0.361 e. The van der Waals surface area contributed by atoms with Gasteiger partial charge < -0.3 is 10.3 Å². The number of aryl methyl sites for hydroxylation is 1. The van der Waals surface area contributed by atoms with Crippen LogP contribution in [0.2, 0.25) is 0 Å². The predicted molar refractivity (Wildman–Crippen MR) is 86.6 cm³/mol. The first kappa shape index (κ1) is 14.8. The predicted octanol–water partition coefficient (Wildman–Crippen LogP) is 2.98. The molecule has 4 nitrogen and oxygen atoms in total. The fourth-order valence-electron chi connectivity index (χ4n) is 3.18. The molecular weight excluding hydrogens is 276 g/mol. The number of aromatic nitrogens is 1. The number of rotatable bonds is 5. The number of ketones is 1. The number of para-hydroxylation sites is 1. The first-order valence-corrected chi connectivity index (χ1v) is 8.08. The standard InChI is InChI=1S/C18H22N2O2/c21-15-9-7-13(8-10-15)18(22)19-11-3-4-14-12-20-17-6-2-1-5-16(14)17/h1-2,5-6,12-13,20H,3-4,7-11H2,(H,19,22). The number of hydrogen-bond donors (Lipinski definition) is 2. The summed E-state index contributed by atoms with van der Waals surface area (Å²) in [4.78, 5) is 26.5. The molecule has 1 saturated carbocycles. The summed E-state index contributed by atoms with van der Waals surface area (Å²) >= 11 is 0. The molecule has 1 heterocycles. The van der Waals surface area contributed by atoms with Gasteiger partial charge in [0.15, 0.2) is 0 Å². The lowest BCUT2D eigenvalue weighted by molar-refractivity contribution is -0.128. The molecule has 1 aromatic carbocycles. The van der Waals surface area contributed by atoms with Crippen LogP contribution in [0.1, 0.15) is 37.7 Å². The van der Waals surface area contributed by atoms with Crippen LogP contribution >= 0.6 is 0 Å². The van der Waals surface area contributed by atoms with Gasteiger partial charge in [-0.15, -0.1) is 0 Å². The van der Waals surface area contributed by atoms with Gasteiger partial charge in [-0.2, -0.15) is 0 Å². The molecule has 0 bridgehead atoms. The van der Waals surface area contributed by atoms with E-state index in [1.165, 1.54) is 10.9 Å². The first-order valence-electron chi connectivity index (χ1n) is 8.08. The van der Waals surface area contributed by atoms with Gasteiger partial charge in [-0.25, -0.2) is 0 Å². The van der Waals surface area contributed by atoms with Crippen molar-refractivity contribution in [2.45, 2.75) is 38.5 Å². The van der Waals surface area contributed by atoms with E-state index in [1.807, 2.05) is 12.1 Å². The van der Waals surface area contributed by atoms with E-state index in [1.54, 1.807) is 0 Å². The van der Waals surface area contributed by atoms with Crippen LogP contribution in [-0.4, -0.2) is 23.2 Å². The Labute approximate surface area is 130 Å². The number of aromatic amines is 1. The molecule has 0 spiro atoms. The highest BCUT2D eigenvalue weighted by atomic mass is 16.2. The van der Waals surface area contributed by atoms with Crippen molar-refractivity contribution in [2.24, 2.45) is 5.92 Å². The molecule has 3 rings (SSSR count). The third-order valence-corrected chi connectivity index (χ3v) is 4.51. The van der Waals surface area contributed by atoms with Gasteiger partial charge in [0.25, 0.3) is 0 Å². The van der Waals surface area contributed by atoms with E-state index in [9.17, 15) is 9.59 Å². The number of carbonyl (C=O) groups excluding carboxylic acids is 2. The maximum absolute atomic E-state index is 12.0. The molecule has 0 aliphatic heterocycles. The minimum absolute atomic E-state index is 0.0331. The lowest BCUT2D eigenvalue weighted by Crippen LogP contribution is -2.34. The van der Waals surface area contributed by atoms with Gasteiger partial charge in [-0.1, -0.05) is 18.2 Å². The zero-order valence-electron chi connectivity index (χ0n) is 12.7. The number of nitrogens with one attached hydrogen (secondary N) is 2. The van der Waals surface area contributed by atoms with Crippen molar-refractivity contribution >= 4 is 22.6 Å². The Morgan fingerprint density at radius 3 is 2.82 bits per heavy atom. The molecule has 22 heavy (non-hydrogen) atoms. The van der Waals surface area contributed by atoms with Crippen molar-refractivity contribution in [3.05, 3.63) is 36.0 Å². The van der Waals surface area contributed by atoms with Crippen molar-refractivity contribution in [3.8, 4) is 0 Å². The summed E-state index contributed by atoms with van der Waals surface area (Å²) in [5, 5.41) is 4.28. The van der Waals surface area contributed by atoms with E-state index >= 15 is 0 Å². The molecule has 4 heteroatoms. The van der Waals surface area contributed by atoms with E-state index in [2.05, 4.69) is 28.6 Å². The molecule has 0 atom stereocenters. The summed E-state index contributed by atoms with van der Waals surface area (Å²) in [7, 11) is 0. The number of amides is 1. The number of benzene rings is 1. The van der Waals surface area contributed by atoms with Crippen LogP contribution in [-0.2, 0) is 16.0 Å². The molecule has 1 aliphatic rings. The van der Waals surface area contributed by atoms with Gasteiger partial charge in [-0.05, 0) is 37.3 Å². The second-order valence-corrected chi connectivity index (χ2v) is 6.07. The summed E-state index contributed by atoms with van der Waals surface area (Å²) < 4.78 is 0. The van der Waals surface area contributed by atoms with Gasteiger partial charge in [0.2, 0.25) is 5.91 Å². The molecule has 0 saturated heterocycles. The highest BCUT2D eigenvalue weighted by Crippen LogP contribution is 2.21. The summed E-state index contributed by atoms with van der Waals surface area (Å²) in [6.45, 7) is 0.697.